The van der Waals surface area contributed by atoms with Crippen molar-refractivity contribution in [1.29, 1.82) is 0 Å². The number of aryl methyl sites for hydroxylation is 1. The van der Waals surface area contributed by atoms with Crippen molar-refractivity contribution in [3.63, 3.8) is 0 Å². The molecular weight excluding hydrogens is 399 g/mol. The number of amides is 1. The molecule has 0 saturated carbocycles. The Morgan fingerprint density at radius 2 is 1.67 bits per heavy atom. The largest absolute Gasteiger partial charge is 0.490 e. The highest BCUT2D eigenvalue weighted by molar-refractivity contribution is 6.06. The van der Waals surface area contributed by atoms with Gasteiger partial charge in [0.25, 0.3) is 5.91 Å². The molecule has 1 amide bonds. The van der Waals surface area contributed by atoms with Gasteiger partial charge in [-0.05, 0) is 59.2 Å². The van der Waals surface area contributed by atoms with Crippen LogP contribution in [0.5, 0.6) is 0 Å². The molecule has 0 fully saturated rings. The van der Waals surface area contributed by atoms with Crippen LogP contribution in [0, 0.1) is 6.92 Å². The van der Waals surface area contributed by atoms with Gasteiger partial charge in [-0.2, -0.15) is 18.3 Å². The molecule has 0 aromatic heterocycles. The van der Waals surface area contributed by atoms with E-state index < -0.39 is 12.1 Å². The number of nitrogens with zero attached hydrogens (tertiary/aromatic N) is 1. The molecule has 0 spiro atoms. The van der Waals surface area contributed by atoms with Gasteiger partial charge < -0.3 is 16.3 Å². The molecule has 0 bridgehead atoms. The Morgan fingerprint density at radius 3 is 2.27 bits per heavy atom. The lowest BCUT2D eigenvalue weighted by molar-refractivity contribution is -0.192. The van der Waals surface area contributed by atoms with E-state index in [2.05, 4.69) is 10.4 Å². The highest BCUT2D eigenvalue weighted by atomic mass is 19.4. The van der Waals surface area contributed by atoms with Gasteiger partial charge in [-0.15, -0.1) is 0 Å². The third-order valence-electron chi connectivity index (χ3n) is 3.87. The molecule has 0 radical (unpaired) electrons. The summed E-state index contributed by atoms with van der Waals surface area (Å²) in [5.74, 6) is 2.29. The van der Waals surface area contributed by atoms with Gasteiger partial charge in [0.1, 0.15) is 0 Å². The van der Waals surface area contributed by atoms with Gasteiger partial charge in [0.15, 0.2) is 0 Å². The second-order valence-electron chi connectivity index (χ2n) is 6.23. The minimum Gasteiger partial charge on any atom is -0.475 e. The number of nitrogens with two attached hydrogens (primary N) is 1. The number of rotatable bonds is 3. The first-order valence-corrected chi connectivity index (χ1v) is 8.55. The number of aliphatic carboxylic acids is 1. The van der Waals surface area contributed by atoms with Crippen LogP contribution < -0.4 is 11.2 Å². The topological polar surface area (TPSA) is 105 Å². The summed E-state index contributed by atoms with van der Waals surface area (Å²) >= 11 is 0. The Morgan fingerprint density at radius 1 is 1.03 bits per heavy atom. The van der Waals surface area contributed by atoms with Gasteiger partial charge in [0.05, 0.1) is 6.21 Å². The molecular formula is C21H18F3N3O3. The molecule has 0 heterocycles. The van der Waals surface area contributed by atoms with Crippen molar-refractivity contribution in [2.45, 2.75) is 13.1 Å². The molecule has 6 nitrogen and oxygen atoms in total. The van der Waals surface area contributed by atoms with Gasteiger partial charge in [0, 0.05) is 11.3 Å². The number of hydrogen-bond donors (Lipinski definition) is 3. The van der Waals surface area contributed by atoms with Crippen molar-refractivity contribution in [1.82, 2.24) is 0 Å². The van der Waals surface area contributed by atoms with E-state index in [1.807, 2.05) is 67.6 Å². The van der Waals surface area contributed by atoms with Gasteiger partial charge in [-0.1, -0.05) is 30.3 Å². The molecule has 0 atom stereocenters. The first-order valence-electron chi connectivity index (χ1n) is 8.55. The number of fused-ring (bicyclic) bond motifs is 1. The fraction of sp³-hybridized carbons (Fsp3) is 0.0952. The summed E-state index contributed by atoms with van der Waals surface area (Å²) in [5.41, 5.74) is 3.45. The van der Waals surface area contributed by atoms with Crippen LogP contribution in [0.2, 0.25) is 0 Å². The second-order valence-corrected chi connectivity index (χ2v) is 6.23. The van der Waals surface area contributed by atoms with Gasteiger partial charge in [-0.3, -0.25) is 4.79 Å². The van der Waals surface area contributed by atoms with Crippen molar-refractivity contribution in [3.05, 3.63) is 77.4 Å². The molecule has 30 heavy (non-hydrogen) atoms. The van der Waals surface area contributed by atoms with Gasteiger partial charge in [-0.25, -0.2) is 4.79 Å². The molecule has 0 saturated heterocycles. The maximum atomic E-state index is 12.4. The Kier molecular flexibility index (Phi) is 7.13. The number of benzene rings is 3. The number of carboxylic acid groups (broad SMARTS) is 1. The first kappa shape index (κ1) is 22.4. The summed E-state index contributed by atoms with van der Waals surface area (Å²) in [4.78, 5) is 21.3. The van der Waals surface area contributed by atoms with Crippen LogP contribution in [0.15, 0.2) is 65.8 Å². The highest BCUT2D eigenvalue weighted by Gasteiger charge is 2.38. The summed E-state index contributed by atoms with van der Waals surface area (Å²) in [5, 5.41) is 15.6. The zero-order chi connectivity index (χ0) is 22.3. The number of halogens is 3. The average Bonchev–Trinajstić information content (AvgIpc) is 2.67. The molecule has 0 aliphatic carbocycles. The summed E-state index contributed by atoms with van der Waals surface area (Å²) in [7, 11) is 0. The second kappa shape index (κ2) is 9.55. The molecule has 0 aliphatic rings. The van der Waals surface area contributed by atoms with Gasteiger partial charge >= 0.3 is 12.1 Å². The SMILES string of the molecule is Cc1cccc(NC(=O)c2ccc3cc(C=NN)ccc3c2)c1.O=C(O)C(F)(F)F. The molecule has 3 aromatic rings. The highest BCUT2D eigenvalue weighted by Crippen LogP contribution is 2.19. The Bertz CT molecular complexity index is 1100. The zero-order valence-corrected chi connectivity index (χ0v) is 15.8. The molecule has 0 unspecified atom stereocenters. The third-order valence-corrected chi connectivity index (χ3v) is 3.87. The predicted octanol–water partition coefficient (Wildman–Crippen LogP) is 4.33. The number of nitrogens with one attached hydrogen (secondary N) is 1. The number of carbonyl (C=O) groups excluding carboxylic acids is 1. The molecule has 9 heteroatoms. The van der Waals surface area contributed by atoms with E-state index in [1.54, 1.807) is 6.21 Å². The maximum Gasteiger partial charge on any atom is 0.490 e. The summed E-state index contributed by atoms with van der Waals surface area (Å²) in [6.07, 6.45) is -3.49. The monoisotopic (exact) mass is 417 g/mol. The van der Waals surface area contributed by atoms with Crippen LogP contribution >= 0.6 is 0 Å². The molecule has 156 valence electrons. The molecule has 0 aliphatic heterocycles. The van der Waals surface area contributed by atoms with Crippen molar-refractivity contribution in [2.24, 2.45) is 10.9 Å². The standard InChI is InChI=1S/C19H17N3O.C2HF3O2/c1-13-3-2-4-18(9-13)22-19(23)17-8-7-15-10-14(12-21-20)5-6-16(15)11-17;3-2(4,5)1(6)7/h2-12H,20H2,1H3,(H,22,23);(H,6,7). The number of carboxylic acids is 1. The molecule has 4 N–H and O–H groups in total. The average molecular weight is 417 g/mol. The van der Waals surface area contributed by atoms with E-state index in [4.69, 9.17) is 15.7 Å². The molecule has 3 rings (SSSR count). The van der Waals surface area contributed by atoms with Gasteiger partial charge in [0.2, 0.25) is 0 Å². The Hall–Kier alpha value is -3.88. The van der Waals surface area contributed by atoms with Crippen molar-refractivity contribution >= 4 is 34.6 Å². The summed E-state index contributed by atoms with van der Waals surface area (Å²) in [6.45, 7) is 1.99. The number of anilines is 1. The lowest BCUT2D eigenvalue weighted by atomic mass is 10.0. The van der Waals surface area contributed by atoms with Crippen LogP contribution in [-0.2, 0) is 4.79 Å². The summed E-state index contributed by atoms with van der Waals surface area (Å²) in [6, 6.07) is 19.2. The van der Waals surface area contributed by atoms with Crippen molar-refractivity contribution in [3.8, 4) is 0 Å². The Labute approximate surface area is 169 Å². The van der Waals surface area contributed by atoms with E-state index in [0.29, 0.717) is 5.56 Å². The van der Waals surface area contributed by atoms with E-state index in [0.717, 1.165) is 27.6 Å². The fourth-order valence-electron chi connectivity index (χ4n) is 2.50. The Balaban J connectivity index is 0.000000396. The number of hydrogen-bond acceptors (Lipinski definition) is 4. The van der Waals surface area contributed by atoms with Crippen LogP contribution in [0.4, 0.5) is 18.9 Å². The minimum atomic E-state index is -5.08. The smallest absolute Gasteiger partial charge is 0.475 e. The zero-order valence-electron chi connectivity index (χ0n) is 15.8. The van der Waals surface area contributed by atoms with E-state index in [1.165, 1.54) is 0 Å². The van der Waals surface area contributed by atoms with E-state index >= 15 is 0 Å². The molecule has 3 aromatic carbocycles. The number of alkyl halides is 3. The first-order chi connectivity index (χ1) is 14.1. The van der Waals surface area contributed by atoms with Crippen LogP contribution in [0.3, 0.4) is 0 Å². The fourth-order valence-corrected chi connectivity index (χ4v) is 2.50. The van der Waals surface area contributed by atoms with Crippen LogP contribution in [-0.4, -0.2) is 29.4 Å². The third kappa shape index (κ3) is 6.33. The van der Waals surface area contributed by atoms with Crippen molar-refractivity contribution < 1.29 is 27.9 Å². The van der Waals surface area contributed by atoms with E-state index in [-0.39, 0.29) is 5.91 Å². The number of carbonyl (C=O) groups is 2. The van der Waals surface area contributed by atoms with E-state index in [9.17, 15) is 18.0 Å². The maximum absolute atomic E-state index is 12.4. The van der Waals surface area contributed by atoms with Crippen molar-refractivity contribution in [2.75, 3.05) is 5.32 Å². The predicted molar refractivity (Wildman–Crippen MR) is 109 cm³/mol. The van der Waals surface area contributed by atoms with Crippen LogP contribution in [0.25, 0.3) is 10.8 Å². The van der Waals surface area contributed by atoms with Crippen LogP contribution in [0.1, 0.15) is 21.5 Å². The number of hydrazone groups is 1. The normalized spacial score (nSPS) is 11.1. The lowest BCUT2D eigenvalue weighted by Gasteiger charge is -2.07. The minimum absolute atomic E-state index is 0.120. The lowest BCUT2D eigenvalue weighted by Crippen LogP contribution is -2.21. The summed E-state index contributed by atoms with van der Waals surface area (Å²) < 4.78 is 31.7. The quantitative estimate of drug-likeness (QED) is 0.335.